The second kappa shape index (κ2) is 4.70. The minimum Gasteiger partial charge on any atom is -0.476 e. The third kappa shape index (κ3) is 2.26. The molecule has 4 nitrogen and oxygen atoms in total. The van der Waals surface area contributed by atoms with Crippen LogP contribution in [0.15, 0.2) is 22.8 Å². The molecule has 0 saturated heterocycles. The van der Waals surface area contributed by atoms with E-state index in [1.165, 1.54) is 16.9 Å². The van der Waals surface area contributed by atoms with Crippen molar-refractivity contribution in [3.63, 3.8) is 0 Å². The Labute approximate surface area is 115 Å². The van der Waals surface area contributed by atoms with Crippen LogP contribution in [0.1, 0.15) is 16.1 Å². The molecule has 1 N–H and O–H groups in total. The first-order chi connectivity index (χ1) is 8.40. The van der Waals surface area contributed by atoms with Gasteiger partial charge in [-0.3, -0.25) is 0 Å². The number of benzene rings is 1. The predicted molar refractivity (Wildman–Crippen MR) is 67.9 cm³/mol. The highest BCUT2D eigenvalue weighted by Crippen LogP contribution is 2.30. The summed E-state index contributed by atoms with van der Waals surface area (Å²) in [5.74, 6) is -1.61. The normalized spacial score (nSPS) is 10.7. The van der Waals surface area contributed by atoms with E-state index in [-0.39, 0.29) is 10.7 Å². The number of aromatic nitrogens is 2. The lowest BCUT2D eigenvalue weighted by atomic mass is 10.3. The Morgan fingerprint density at radius 1 is 1.56 bits per heavy atom. The van der Waals surface area contributed by atoms with Gasteiger partial charge in [0.2, 0.25) is 0 Å². The minimum atomic E-state index is -1.12. The molecule has 0 unspecified atom stereocenters. The number of carboxylic acid groups (broad SMARTS) is 1. The lowest BCUT2D eigenvalue weighted by Crippen LogP contribution is -2.03. The number of hydrogen-bond acceptors (Lipinski definition) is 2. The van der Waals surface area contributed by atoms with Gasteiger partial charge in [0.25, 0.3) is 0 Å². The number of hydrogen-bond donors (Lipinski definition) is 1. The molecule has 0 spiro atoms. The highest BCUT2D eigenvalue weighted by atomic mass is 79.9. The second-order valence-corrected chi connectivity index (χ2v) is 4.89. The van der Waals surface area contributed by atoms with Gasteiger partial charge in [0.05, 0.1) is 10.7 Å². The van der Waals surface area contributed by atoms with Gasteiger partial charge in [-0.2, -0.15) is 5.10 Å². The molecule has 18 heavy (non-hydrogen) atoms. The summed E-state index contributed by atoms with van der Waals surface area (Å²) in [6, 6.07) is 2.37. The van der Waals surface area contributed by atoms with Crippen LogP contribution in [0.25, 0.3) is 5.69 Å². The summed E-state index contributed by atoms with van der Waals surface area (Å²) in [5.41, 5.74) is 0.825. The molecule has 0 atom stereocenters. The first kappa shape index (κ1) is 13.0. The van der Waals surface area contributed by atoms with Crippen molar-refractivity contribution < 1.29 is 14.3 Å². The summed E-state index contributed by atoms with van der Waals surface area (Å²) in [6.07, 6.45) is 1.52. The van der Waals surface area contributed by atoms with Crippen molar-refractivity contribution in [3.8, 4) is 5.69 Å². The van der Waals surface area contributed by atoms with Crippen LogP contribution in [-0.4, -0.2) is 20.9 Å². The molecule has 7 heteroatoms. The molecule has 1 heterocycles. The molecule has 94 valence electrons. The topological polar surface area (TPSA) is 55.1 Å². The second-order valence-electron chi connectivity index (χ2n) is 3.63. The molecule has 0 saturated carbocycles. The molecular weight excluding hydrogens is 326 g/mol. The number of halogens is 3. The molecule has 0 aliphatic rings. The third-order valence-electron chi connectivity index (χ3n) is 2.31. The zero-order valence-corrected chi connectivity index (χ0v) is 11.5. The van der Waals surface area contributed by atoms with Crippen molar-refractivity contribution in [1.82, 2.24) is 9.78 Å². The van der Waals surface area contributed by atoms with Crippen LogP contribution in [0.2, 0.25) is 5.02 Å². The van der Waals surface area contributed by atoms with Crippen LogP contribution in [0.3, 0.4) is 0 Å². The number of rotatable bonds is 2. The van der Waals surface area contributed by atoms with E-state index in [2.05, 4.69) is 21.0 Å². The Bertz CT molecular complexity index is 619. The molecule has 2 aromatic rings. The summed E-state index contributed by atoms with van der Waals surface area (Å²) in [5, 5.41) is 13.0. The Hall–Kier alpha value is -1.40. The molecule has 0 fully saturated rings. The average molecular weight is 334 g/mol. The molecule has 0 bridgehead atoms. The maximum Gasteiger partial charge on any atom is 0.356 e. The van der Waals surface area contributed by atoms with Crippen LogP contribution in [0, 0.1) is 12.7 Å². The molecule has 2 rings (SSSR count). The van der Waals surface area contributed by atoms with E-state index in [0.717, 1.165) is 6.07 Å². The van der Waals surface area contributed by atoms with Crippen LogP contribution in [0.4, 0.5) is 4.39 Å². The van der Waals surface area contributed by atoms with Crippen LogP contribution in [0.5, 0.6) is 0 Å². The van der Waals surface area contributed by atoms with E-state index >= 15 is 0 Å². The van der Waals surface area contributed by atoms with Crippen molar-refractivity contribution in [3.05, 3.63) is 44.9 Å². The van der Waals surface area contributed by atoms with Gasteiger partial charge in [-0.25, -0.2) is 13.9 Å². The van der Waals surface area contributed by atoms with Gasteiger partial charge < -0.3 is 5.11 Å². The smallest absolute Gasteiger partial charge is 0.356 e. The SMILES string of the molecule is Cc1cn(-c2c(Cl)cc(F)cc2Br)nc1C(=O)O. The van der Waals surface area contributed by atoms with E-state index in [4.69, 9.17) is 16.7 Å². The van der Waals surface area contributed by atoms with Gasteiger partial charge in [-0.05, 0) is 35.0 Å². The van der Waals surface area contributed by atoms with E-state index in [1.807, 2.05) is 0 Å². The standard InChI is InChI=1S/C11H7BrClFN2O2/c1-5-4-16(15-9(5)11(17)18)10-7(12)2-6(14)3-8(10)13/h2-4H,1H3,(H,17,18). The predicted octanol–water partition coefficient (Wildman–Crippen LogP) is 3.43. The fourth-order valence-electron chi connectivity index (χ4n) is 1.54. The maximum atomic E-state index is 13.1. The van der Waals surface area contributed by atoms with Gasteiger partial charge in [0.1, 0.15) is 5.82 Å². The van der Waals surface area contributed by atoms with Gasteiger partial charge >= 0.3 is 5.97 Å². The van der Waals surface area contributed by atoms with Gasteiger partial charge in [0, 0.05) is 16.2 Å². The quantitative estimate of drug-likeness (QED) is 0.916. The maximum absolute atomic E-state index is 13.1. The first-order valence-electron chi connectivity index (χ1n) is 4.84. The minimum absolute atomic E-state index is 0.0673. The zero-order chi connectivity index (χ0) is 13.4. The largest absolute Gasteiger partial charge is 0.476 e. The van der Waals surface area contributed by atoms with Crippen molar-refractivity contribution in [2.24, 2.45) is 0 Å². The van der Waals surface area contributed by atoms with E-state index in [0.29, 0.717) is 15.7 Å². The summed E-state index contributed by atoms with van der Waals surface area (Å²) >= 11 is 9.11. The summed E-state index contributed by atoms with van der Waals surface area (Å²) in [7, 11) is 0. The van der Waals surface area contributed by atoms with E-state index in [1.54, 1.807) is 6.92 Å². The molecule has 1 aromatic heterocycles. The van der Waals surface area contributed by atoms with Crippen LogP contribution >= 0.6 is 27.5 Å². The van der Waals surface area contributed by atoms with E-state index < -0.39 is 11.8 Å². The van der Waals surface area contributed by atoms with Gasteiger partial charge in [-0.15, -0.1) is 0 Å². The highest BCUT2D eigenvalue weighted by Gasteiger charge is 2.16. The van der Waals surface area contributed by atoms with Crippen LogP contribution < -0.4 is 0 Å². The summed E-state index contributed by atoms with van der Waals surface area (Å²) in [6.45, 7) is 1.62. The Morgan fingerprint density at radius 3 is 2.72 bits per heavy atom. The lowest BCUT2D eigenvalue weighted by Gasteiger charge is -2.07. The summed E-state index contributed by atoms with van der Waals surface area (Å²) < 4.78 is 14.8. The molecule has 0 radical (unpaired) electrons. The number of aromatic carboxylic acids is 1. The third-order valence-corrected chi connectivity index (χ3v) is 3.20. The van der Waals surface area contributed by atoms with Crippen molar-refractivity contribution in [1.29, 1.82) is 0 Å². The van der Waals surface area contributed by atoms with Gasteiger partial charge in [0.15, 0.2) is 5.69 Å². The number of carbonyl (C=O) groups is 1. The Morgan fingerprint density at radius 2 is 2.22 bits per heavy atom. The lowest BCUT2D eigenvalue weighted by molar-refractivity contribution is 0.0689. The fourth-order valence-corrected chi connectivity index (χ4v) is 2.56. The molecule has 0 aliphatic heterocycles. The average Bonchev–Trinajstić information content (AvgIpc) is 2.58. The summed E-state index contributed by atoms with van der Waals surface area (Å²) in [4.78, 5) is 10.9. The highest BCUT2D eigenvalue weighted by molar-refractivity contribution is 9.10. The van der Waals surface area contributed by atoms with E-state index in [9.17, 15) is 9.18 Å². The monoisotopic (exact) mass is 332 g/mol. The fraction of sp³-hybridized carbons (Fsp3) is 0.0909. The molecular formula is C11H7BrClFN2O2. The zero-order valence-electron chi connectivity index (χ0n) is 9.12. The Kier molecular flexibility index (Phi) is 3.41. The van der Waals surface area contributed by atoms with Crippen LogP contribution in [-0.2, 0) is 0 Å². The van der Waals surface area contributed by atoms with Crippen molar-refractivity contribution in [2.45, 2.75) is 6.92 Å². The van der Waals surface area contributed by atoms with Gasteiger partial charge in [-0.1, -0.05) is 11.6 Å². The van der Waals surface area contributed by atoms with Crippen molar-refractivity contribution in [2.75, 3.05) is 0 Å². The number of aryl methyl sites for hydroxylation is 1. The number of carboxylic acids is 1. The first-order valence-corrected chi connectivity index (χ1v) is 6.01. The Balaban J connectivity index is 2.63. The van der Waals surface area contributed by atoms with Crippen molar-refractivity contribution >= 4 is 33.5 Å². The molecule has 0 amide bonds. The number of nitrogens with zero attached hydrogens (tertiary/aromatic N) is 2. The molecule has 1 aromatic carbocycles. The molecule has 0 aliphatic carbocycles.